The summed E-state index contributed by atoms with van der Waals surface area (Å²) in [6.45, 7) is 11.5. The van der Waals surface area contributed by atoms with E-state index in [1.807, 2.05) is 18.7 Å². The normalized spacial score (nSPS) is 20.4. The van der Waals surface area contributed by atoms with Crippen LogP contribution in [0.3, 0.4) is 0 Å². The number of benzene rings is 3. The van der Waals surface area contributed by atoms with E-state index >= 15 is 0 Å². The van der Waals surface area contributed by atoms with Crippen molar-refractivity contribution in [1.29, 1.82) is 0 Å². The Balaban J connectivity index is 1.77. The molecule has 0 bridgehead atoms. The number of thioether (sulfide) groups is 1. The van der Waals surface area contributed by atoms with Gasteiger partial charge in [-0.25, -0.2) is 0 Å². The molecule has 0 aliphatic heterocycles. The minimum absolute atomic E-state index is 0.0473. The van der Waals surface area contributed by atoms with Gasteiger partial charge in [0.15, 0.2) is 0 Å². The fourth-order valence-electron chi connectivity index (χ4n) is 7.53. The zero-order valence-corrected chi connectivity index (χ0v) is 32.8. The number of carbonyl (C=O) groups is 1. The molecule has 0 unspecified atom stereocenters. The number of hydrogen-bond donors (Lipinski definition) is 1. The summed E-state index contributed by atoms with van der Waals surface area (Å²) in [5, 5.41) is 14.4. The van der Waals surface area contributed by atoms with E-state index in [4.69, 9.17) is 9.16 Å². The Morgan fingerprint density at radius 3 is 2.04 bits per heavy atom. The molecule has 0 heterocycles. The highest BCUT2D eigenvalue weighted by Gasteiger charge is 2.55. The Morgan fingerprint density at radius 2 is 1.46 bits per heavy atom. The Labute approximate surface area is 307 Å². The molecule has 270 valence electrons. The van der Waals surface area contributed by atoms with Gasteiger partial charge in [-0.2, -0.15) is 0 Å². The highest BCUT2D eigenvalue weighted by Crippen LogP contribution is 2.48. The molecular formula is C44H60O4SSi. The van der Waals surface area contributed by atoms with Crippen LogP contribution >= 0.6 is 11.8 Å². The maximum atomic E-state index is 12.0. The lowest BCUT2D eigenvalue weighted by Crippen LogP contribution is -2.68. The summed E-state index contributed by atoms with van der Waals surface area (Å²) in [6.07, 6.45) is 16.7. The average molecular weight is 713 g/mol. The topological polar surface area (TPSA) is 55.8 Å². The van der Waals surface area contributed by atoms with Gasteiger partial charge in [-0.15, -0.1) is 11.8 Å². The van der Waals surface area contributed by atoms with Crippen LogP contribution in [0.5, 0.6) is 0 Å². The minimum Gasteiger partial charge on any atom is -0.466 e. The van der Waals surface area contributed by atoms with Crippen LogP contribution in [0.25, 0.3) is 0 Å². The van der Waals surface area contributed by atoms with Crippen molar-refractivity contribution in [2.75, 3.05) is 6.61 Å². The minimum atomic E-state index is -2.88. The van der Waals surface area contributed by atoms with E-state index in [0.29, 0.717) is 19.4 Å². The predicted octanol–water partition coefficient (Wildman–Crippen LogP) is 9.91. The van der Waals surface area contributed by atoms with Gasteiger partial charge in [0.2, 0.25) is 0 Å². The highest BCUT2D eigenvalue weighted by atomic mass is 32.2. The van der Waals surface area contributed by atoms with E-state index in [1.54, 1.807) is 0 Å². The van der Waals surface area contributed by atoms with E-state index in [2.05, 4.69) is 143 Å². The summed E-state index contributed by atoms with van der Waals surface area (Å²) in [5.74, 6) is -0.0240. The molecule has 1 fully saturated rings. The van der Waals surface area contributed by atoms with Crippen LogP contribution in [0, 0.1) is 11.8 Å². The van der Waals surface area contributed by atoms with Crippen molar-refractivity contribution in [3.8, 4) is 0 Å². The van der Waals surface area contributed by atoms with Crippen molar-refractivity contribution in [1.82, 2.24) is 0 Å². The van der Waals surface area contributed by atoms with Crippen LogP contribution in [0.4, 0.5) is 0 Å². The third-order valence-corrected chi connectivity index (χ3v) is 16.3. The molecule has 1 aliphatic carbocycles. The molecule has 0 aromatic heterocycles. The number of ether oxygens (including phenoxy) is 1. The first-order valence-electron chi connectivity index (χ1n) is 18.9. The molecule has 1 saturated carbocycles. The van der Waals surface area contributed by atoms with Gasteiger partial charge in [0.05, 0.1) is 18.8 Å². The van der Waals surface area contributed by atoms with Gasteiger partial charge >= 0.3 is 5.97 Å². The number of unbranched alkanes of at least 4 members (excludes halogenated alkanes) is 4. The highest BCUT2D eigenvalue weighted by molar-refractivity contribution is 8.00. The van der Waals surface area contributed by atoms with Crippen molar-refractivity contribution in [3.63, 3.8) is 0 Å². The lowest BCUT2D eigenvalue weighted by atomic mass is 9.87. The molecule has 0 radical (unpaired) electrons. The fraction of sp³-hybridized carbons (Fsp3) is 0.477. The summed E-state index contributed by atoms with van der Waals surface area (Å²) < 4.78 is 13.0. The first-order chi connectivity index (χ1) is 24.2. The van der Waals surface area contributed by atoms with Crippen LogP contribution in [-0.2, 0) is 14.0 Å². The summed E-state index contributed by atoms with van der Waals surface area (Å²) in [6, 6.07) is 32.3. The number of hydrogen-bond acceptors (Lipinski definition) is 5. The molecule has 0 saturated heterocycles. The fourth-order valence-corrected chi connectivity index (χ4v) is 13.6. The third-order valence-electron chi connectivity index (χ3n) is 9.96. The lowest BCUT2D eigenvalue weighted by Gasteiger charge is -2.46. The molecule has 50 heavy (non-hydrogen) atoms. The molecule has 5 atom stereocenters. The van der Waals surface area contributed by atoms with Gasteiger partial charge in [0.1, 0.15) is 0 Å². The van der Waals surface area contributed by atoms with Gasteiger partial charge in [-0.3, -0.25) is 4.79 Å². The monoisotopic (exact) mass is 712 g/mol. The molecule has 4 nitrogen and oxygen atoms in total. The number of allylic oxidation sites excluding steroid dienone is 3. The standard InChI is InChI=1S/C44H60O4SSi/c1-6-8-9-10-11-22-31-38-39(45)34-40(48-50(44(3,4)5,36-27-18-13-19-28-36)37-29-20-14-21-30-37)43(38)41(49-35-25-16-12-17-26-35)32-23-15-24-33-42(46)47-7-2/h11-14,16-23,25-30,32,38-41,43,45H,6-10,15,24,31,33-34H2,1-5H3/b22-11-,32-23-/t38-,39+,40-,41+,43-/m0/s1. The summed E-state index contributed by atoms with van der Waals surface area (Å²) in [4.78, 5) is 13.2. The number of aliphatic hydroxyl groups excluding tert-OH is 1. The van der Waals surface area contributed by atoms with E-state index in [-0.39, 0.29) is 34.2 Å². The number of aliphatic hydroxyl groups is 1. The maximum absolute atomic E-state index is 12.0. The predicted molar refractivity (Wildman–Crippen MR) is 214 cm³/mol. The second-order valence-electron chi connectivity index (χ2n) is 14.6. The molecule has 1 N–H and O–H groups in total. The number of rotatable bonds is 19. The molecule has 6 heteroatoms. The molecule has 3 aromatic rings. The molecule has 3 aromatic carbocycles. The third kappa shape index (κ3) is 10.8. The van der Waals surface area contributed by atoms with Crippen molar-refractivity contribution in [2.45, 2.75) is 120 Å². The van der Waals surface area contributed by atoms with Crippen molar-refractivity contribution >= 4 is 36.4 Å². The van der Waals surface area contributed by atoms with Gasteiger partial charge < -0.3 is 14.3 Å². The molecule has 4 rings (SSSR count). The van der Waals surface area contributed by atoms with Crippen LogP contribution in [0.2, 0.25) is 5.04 Å². The SMILES string of the molecule is CCCCC/C=C\C[C@@H]1[C@H]([C@@H](/C=C\CCCC(=O)OCC)Sc2ccccc2)[C@@H](O[Si](c2ccccc2)(c2ccccc2)C(C)(C)C)C[C@H]1O. The van der Waals surface area contributed by atoms with Gasteiger partial charge in [-0.05, 0) is 78.9 Å². The van der Waals surface area contributed by atoms with E-state index in [0.717, 1.165) is 25.7 Å². The van der Waals surface area contributed by atoms with Crippen LogP contribution in [0.15, 0.2) is 120 Å². The largest absolute Gasteiger partial charge is 0.466 e. The summed E-state index contributed by atoms with van der Waals surface area (Å²) in [5.41, 5.74) is 0. The Kier molecular flexibility index (Phi) is 16.1. The summed E-state index contributed by atoms with van der Waals surface area (Å²) >= 11 is 1.87. The molecule has 1 aliphatic rings. The smallest absolute Gasteiger partial charge is 0.305 e. The van der Waals surface area contributed by atoms with E-state index in [1.165, 1.54) is 34.5 Å². The number of carbonyl (C=O) groups excluding carboxylic acids is 1. The van der Waals surface area contributed by atoms with Crippen molar-refractivity contribution < 1.29 is 19.1 Å². The maximum Gasteiger partial charge on any atom is 0.305 e. The second kappa shape index (κ2) is 20.2. The van der Waals surface area contributed by atoms with Crippen LogP contribution < -0.4 is 10.4 Å². The van der Waals surface area contributed by atoms with Crippen molar-refractivity contribution in [3.05, 3.63) is 115 Å². The molecular weight excluding hydrogens is 653 g/mol. The quantitative estimate of drug-likeness (QED) is 0.0441. The average Bonchev–Trinajstić information content (AvgIpc) is 3.42. The lowest BCUT2D eigenvalue weighted by molar-refractivity contribution is -0.143. The Morgan fingerprint density at radius 1 is 0.860 bits per heavy atom. The van der Waals surface area contributed by atoms with Crippen LogP contribution in [0.1, 0.15) is 92.4 Å². The van der Waals surface area contributed by atoms with Crippen LogP contribution in [-0.4, -0.2) is 43.5 Å². The zero-order valence-electron chi connectivity index (χ0n) is 31.0. The van der Waals surface area contributed by atoms with Gasteiger partial charge in [-0.1, -0.05) is 144 Å². The van der Waals surface area contributed by atoms with Gasteiger partial charge in [0, 0.05) is 22.5 Å². The number of esters is 1. The first-order valence-corrected chi connectivity index (χ1v) is 21.7. The first kappa shape index (κ1) is 39.9. The Hall–Kier alpha value is -2.90. The van der Waals surface area contributed by atoms with E-state index < -0.39 is 14.4 Å². The van der Waals surface area contributed by atoms with E-state index in [9.17, 15) is 9.90 Å². The molecule has 0 amide bonds. The Bertz CT molecular complexity index is 1410. The molecule has 0 spiro atoms. The zero-order chi connectivity index (χ0) is 35.8. The second-order valence-corrected chi connectivity index (χ2v) is 20.1. The van der Waals surface area contributed by atoms with Gasteiger partial charge in [0.25, 0.3) is 8.32 Å². The van der Waals surface area contributed by atoms with Crippen molar-refractivity contribution in [2.24, 2.45) is 11.8 Å². The summed E-state index contributed by atoms with van der Waals surface area (Å²) in [7, 11) is -2.88.